The average Bonchev–Trinajstić information content (AvgIpc) is 2.81. The molecular formula is C11H16ClN3O3S. The van der Waals surface area contributed by atoms with E-state index in [1.165, 1.54) is 18.4 Å². The van der Waals surface area contributed by atoms with Crippen LogP contribution in [0.25, 0.3) is 0 Å². The van der Waals surface area contributed by atoms with Crippen LogP contribution in [-0.4, -0.2) is 67.4 Å². The maximum absolute atomic E-state index is 11.5. The highest BCUT2D eigenvalue weighted by Crippen LogP contribution is 2.30. The molecule has 0 amide bonds. The Kier molecular flexibility index (Phi) is 4.98. The van der Waals surface area contributed by atoms with Gasteiger partial charge < -0.3 is 14.7 Å². The van der Waals surface area contributed by atoms with Crippen LogP contribution in [0, 0.1) is 0 Å². The Hall–Kier alpha value is -0.890. The highest BCUT2D eigenvalue weighted by atomic mass is 35.5. The smallest absolute Gasteiger partial charge is 0.351 e. The lowest BCUT2D eigenvalue weighted by atomic mass is 10.3. The second-order valence-electron chi connectivity index (χ2n) is 4.16. The SMILES string of the molecule is COC(=O)c1sc(N2CCN(CCO)CC2)nc1Cl. The lowest BCUT2D eigenvalue weighted by molar-refractivity contribution is 0.0606. The molecule has 0 bridgehead atoms. The number of rotatable bonds is 4. The number of anilines is 1. The molecule has 1 aromatic heterocycles. The van der Waals surface area contributed by atoms with Gasteiger partial charge in [0, 0.05) is 32.7 Å². The summed E-state index contributed by atoms with van der Waals surface area (Å²) < 4.78 is 4.66. The first kappa shape index (κ1) is 14.5. The van der Waals surface area contributed by atoms with Crippen molar-refractivity contribution < 1.29 is 14.6 Å². The third kappa shape index (κ3) is 3.36. The molecule has 19 heavy (non-hydrogen) atoms. The van der Waals surface area contributed by atoms with E-state index in [1.807, 2.05) is 0 Å². The molecule has 0 aliphatic carbocycles. The summed E-state index contributed by atoms with van der Waals surface area (Å²) in [5.74, 6) is -0.451. The fourth-order valence-electron chi connectivity index (χ4n) is 1.95. The molecule has 1 aromatic rings. The zero-order valence-electron chi connectivity index (χ0n) is 10.6. The van der Waals surface area contributed by atoms with Gasteiger partial charge in [-0.15, -0.1) is 0 Å². The van der Waals surface area contributed by atoms with E-state index in [2.05, 4.69) is 19.5 Å². The van der Waals surface area contributed by atoms with Crippen LogP contribution in [0.15, 0.2) is 0 Å². The van der Waals surface area contributed by atoms with E-state index < -0.39 is 5.97 Å². The van der Waals surface area contributed by atoms with Crippen molar-refractivity contribution >= 4 is 34.0 Å². The van der Waals surface area contributed by atoms with Gasteiger partial charge in [0.15, 0.2) is 15.2 Å². The lowest BCUT2D eigenvalue weighted by Crippen LogP contribution is -2.47. The van der Waals surface area contributed by atoms with Crippen LogP contribution in [0.2, 0.25) is 5.15 Å². The van der Waals surface area contributed by atoms with E-state index in [1.54, 1.807) is 0 Å². The summed E-state index contributed by atoms with van der Waals surface area (Å²) in [6, 6.07) is 0. The number of methoxy groups -OCH3 is 1. The van der Waals surface area contributed by atoms with Crippen molar-refractivity contribution in [2.75, 3.05) is 51.3 Å². The van der Waals surface area contributed by atoms with E-state index in [4.69, 9.17) is 16.7 Å². The molecule has 0 atom stereocenters. The number of hydrogen-bond donors (Lipinski definition) is 1. The number of esters is 1. The fourth-order valence-corrected chi connectivity index (χ4v) is 3.20. The molecule has 6 nitrogen and oxygen atoms in total. The van der Waals surface area contributed by atoms with Crippen LogP contribution in [0.5, 0.6) is 0 Å². The molecule has 106 valence electrons. The summed E-state index contributed by atoms with van der Waals surface area (Å²) in [5.41, 5.74) is 0. The van der Waals surface area contributed by atoms with Crippen LogP contribution in [-0.2, 0) is 4.74 Å². The van der Waals surface area contributed by atoms with E-state index in [9.17, 15) is 4.79 Å². The zero-order valence-corrected chi connectivity index (χ0v) is 12.2. The molecule has 2 rings (SSSR count). The molecule has 0 saturated carbocycles. The average molecular weight is 306 g/mol. The van der Waals surface area contributed by atoms with Crippen molar-refractivity contribution in [2.45, 2.75) is 0 Å². The molecule has 0 unspecified atom stereocenters. The summed E-state index contributed by atoms with van der Waals surface area (Å²) >= 11 is 7.20. The van der Waals surface area contributed by atoms with Crippen molar-refractivity contribution in [3.05, 3.63) is 10.0 Å². The maximum atomic E-state index is 11.5. The van der Waals surface area contributed by atoms with Crippen LogP contribution in [0.4, 0.5) is 5.13 Å². The number of nitrogens with zero attached hydrogens (tertiary/aromatic N) is 3. The van der Waals surface area contributed by atoms with Crippen molar-refractivity contribution in [1.82, 2.24) is 9.88 Å². The van der Waals surface area contributed by atoms with E-state index in [0.717, 1.165) is 31.3 Å². The number of hydrogen-bond acceptors (Lipinski definition) is 7. The molecule has 1 saturated heterocycles. The number of halogens is 1. The number of piperazine rings is 1. The van der Waals surface area contributed by atoms with Gasteiger partial charge in [0.2, 0.25) is 0 Å². The van der Waals surface area contributed by atoms with Gasteiger partial charge >= 0.3 is 5.97 Å². The first-order valence-corrected chi connectivity index (χ1v) is 7.18. The summed E-state index contributed by atoms with van der Waals surface area (Å²) in [6.45, 7) is 4.22. The Morgan fingerprint density at radius 3 is 2.74 bits per heavy atom. The minimum Gasteiger partial charge on any atom is -0.465 e. The molecular weight excluding hydrogens is 290 g/mol. The van der Waals surface area contributed by atoms with Gasteiger partial charge in [0.25, 0.3) is 0 Å². The molecule has 2 heterocycles. The topological polar surface area (TPSA) is 65.9 Å². The largest absolute Gasteiger partial charge is 0.465 e. The summed E-state index contributed by atoms with van der Waals surface area (Å²) in [6.07, 6.45) is 0. The number of aromatic nitrogens is 1. The maximum Gasteiger partial charge on any atom is 0.351 e. The monoisotopic (exact) mass is 305 g/mol. The van der Waals surface area contributed by atoms with Crippen LogP contribution >= 0.6 is 22.9 Å². The lowest BCUT2D eigenvalue weighted by Gasteiger charge is -2.34. The number of ether oxygens (including phenoxy) is 1. The standard InChI is InChI=1S/C11H16ClN3O3S/c1-18-10(17)8-9(12)13-11(19-8)15-4-2-14(3-5-15)6-7-16/h16H,2-7H2,1H3. The molecule has 1 aliphatic rings. The number of thiazole rings is 1. The first-order valence-electron chi connectivity index (χ1n) is 5.98. The summed E-state index contributed by atoms with van der Waals surface area (Å²) in [4.78, 5) is 20.3. The van der Waals surface area contributed by atoms with Gasteiger partial charge in [-0.25, -0.2) is 9.78 Å². The number of carbonyl (C=O) groups is 1. The Morgan fingerprint density at radius 1 is 1.47 bits per heavy atom. The predicted octanol–water partition coefficient (Wildman–Crippen LogP) is 0.697. The van der Waals surface area contributed by atoms with Gasteiger partial charge in [-0.3, -0.25) is 4.90 Å². The van der Waals surface area contributed by atoms with Gasteiger partial charge in [-0.05, 0) is 0 Å². The van der Waals surface area contributed by atoms with Gasteiger partial charge in [-0.1, -0.05) is 22.9 Å². The van der Waals surface area contributed by atoms with Crippen molar-refractivity contribution in [2.24, 2.45) is 0 Å². The predicted molar refractivity (Wildman–Crippen MR) is 74.2 cm³/mol. The van der Waals surface area contributed by atoms with E-state index in [0.29, 0.717) is 11.4 Å². The van der Waals surface area contributed by atoms with Gasteiger partial charge in [0.1, 0.15) is 0 Å². The molecule has 1 aliphatic heterocycles. The number of aliphatic hydroxyl groups is 1. The van der Waals surface area contributed by atoms with E-state index in [-0.39, 0.29) is 11.8 Å². The Morgan fingerprint density at radius 2 is 2.16 bits per heavy atom. The molecule has 0 spiro atoms. The molecule has 1 N–H and O–H groups in total. The Labute approximate surface area is 120 Å². The third-order valence-electron chi connectivity index (χ3n) is 3.00. The quantitative estimate of drug-likeness (QED) is 0.826. The second-order valence-corrected chi connectivity index (χ2v) is 5.50. The van der Waals surface area contributed by atoms with Gasteiger partial charge in [0.05, 0.1) is 13.7 Å². The van der Waals surface area contributed by atoms with Crippen LogP contribution < -0.4 is 4.90 Å². The number of aliphatic hydroxyl groups excluding tert-OH is 1. The van der Waals surface area contributed by atoms with Crippen LogP contribution in [0.3, 0.4) is 0 Å². The summed E-state index contributed by atoms with van der Waals surface area (Å²) in [5, 5.41) is 9.84. The van der Waals surface area contributed by atoms with Crippen molar-refractivity contribution in [3.8, 4) is 0 Å². The zero-order chi connectivity index (χ0) is 13.8. The van der Waals surface area contributed by atoms with Crippen molar-refractivity contribution in [3.63, 3.8) is 0 Å². The van der Waals surface area contributed by atoms with Crippen molar-refractivity contribution in [1.29, 1.82) is 0 Å². The number of carbonyl (C=O) groups excluding carboxylic acids is 1. The van der Waals surface area contributed by atoms with Crippen LogP contribution in [0.1, 0.15) is 9.67 Å². The molecule has 0 radical (unpaired) electrons. The normalized spacial score (nSPS) is 16.7. The Bertz CT molecular complexity index is 446. The number of β-amino-alcohol motifs (C(OH)–C–C–N with tert-alkyl or cyclic N) is 1. The molecule has 1 fully saturated rings. The van der Waals surface area contributed by atoms with Gasteiger partial charge in [-0.2, -0.15) is 0 Å². The minimum atomic E-state index is -0.451. The fraction of sp³-hybridized carbons (Fsp3) is 0.636. The second kappa shape index (κ2) is 6.51. The Balaban J connectivity index is 2.02. The third-order valence-corrected chi connectivity index (χ3v) is 4.49. The van der Waals surface area contributed by atoms with E-state index >= 15 is 0 Å². The molecule has 8 heteroatoms. The molecule has 0 aromatic carbocycles. The minimum absolute atomic E-state index is 0.176. The highest BCUT2D eigenvalue weighted by Gasteiger charge is 2.23. The first-order chi connectivity index (χ1) is 9.15. The summed E-state index contributed by atoms with van der Waals surface area (Å²) in [7, 11) is 1.33. The highest BCUT2D eigenvalue weighted by molar-refractivity contribution is 7.18.